The van der Waals surface area contributed by atoms with Crippen molar-refractivity contribution in [3.63, 3.8) is 0 Å². The first-order valence-electron chi connectivity index (χ1n) is 3.58. The second-order valence-corrected chi connectivity index (χ2v) is 2.61. The van der Waals surface area contributed by atoms with Crippen LogP contribution < -0.4 is 5.73 Å². The predicted molar refractivity (Wildman–Crippen MR) is 42.7 cm³/mol. The van der Waals surface area contributed by atoms with Gasteiger partial charge in [0.1, 0.15) is 0 Å². The van der Waals surface area contributed by atoms with Gasteiger partial charge >= 0.3 is 0 Å². The first kappa shape index (κ1) is 9.73. The number of halogens is 2. The van der Waals surface area contributed by atoms with Gasteiger partial charge in [0.05, 0.1) is 6.04 Å². The Bertz CT molecular complexity index is 304. The molecule has 0 aliphatic carbocycles. The topological polar surface area (TPSA) is 66.5 Å². The predicted octanol–water partition coefficient (Wildman–Crippen LogP) is 1.36. The Morgan fingerprint density at radius 3 is 2.23 bits per heavy atom. The van der Waals surface area contributed by atoms with Gasteiger partial charge in [-0.3, -0.25) is 0 Å². The van der Waals surface area contributed by atoms with Crippen molar-refractivity contribution in [2.75, 3.05) is 0 Å². The van der Waals surface area contributed by atoms with E-state index >= 15 is 0 Å². The van der Waals surface area contributed by atoms with E-state index in [4.69, 9.17) is 15.9 Å². The molecule has 0 fully saturated rings. The minimum atomic E-state index is -2.69. The lowest BCUT2D eigenvalue weighted by Crippen LogP contribution is -2.18. The van der Waals surface area contributed by atoms with E-state index in [1.54, 1.807) is 0 Å². The fourth-order valence-corrected chi connectivity index (χ4v) is 0.893. The largest absolute Gasteiger partial charge is 0.504 e. The highest BCUT2D eigenvalue weighted by atomic mass is 19.3. The van der Waals surface area contributed by atoms with Crippen LogP contribution in [0.4, 0.5) is 8.78 Å². The van der Waals surface area contributed by atoms with E-state index in [2.05, 4.69) is 0 Å². The molecule has 1 aromatic rings. The molecule has 0 saturated heterocycles. The Morgan fingerprint density at radius 2 is 1.77 bits per heavy atom. The van der Waals surface area contributed by atoms with Crippen LogP contribution >= 0.6 is 0 Å². The summed E-state index contributed by atoms with van der Waals surface area (Å²) in [5.74, 6) is -0.807. The van der Waals surface area contributed by atoms with Crippen LogP contribution in [0.2, 0.25) is 0 Å². The highest BCUT2D eigenvalue weighted by molar-refractivity contribution is 5.41. The number of phenolic OH excluding ortho intramolecular Hbond substituents is 2. The number of nitrogens with two attached hydrogens (primary N) is 1. The van der Waals surface area contributed by atoms with E-state index in [9.17, 15) is 8.78 Å². The number of rotatable bonds is 2. The lowest BCUT2D eigenvalue weighted by molar-refractivity contribution is 0.116. The molecule has 0 unspecified atom stereocenters. The van der Waals surface area contributed by atoms with Gasteiger partial charge in [-0.25, -0.2) is 8.78 Å². The zero-order valence-corrected chi connectivity index (χ0v) is 6.61. The van der Waals surface area contributed by atoms with Crippen molar-refractivity contribution in [2.45, 2.75) is 12.5 Å². The van der Waals surface area contributed by atoms with Crippen LogP contribution in [-0.4, -0.2) is 16.6 Å². The van der Waals surface area contributed by atoms with Gasteiger partial charge in [0.2, 0.25) is 0 Å². The van der Waals surface area contributed by atoms with Crippen molar-refractivity contribution in [3.05, 3.63) is 23.8 Å². The molecule has 0 amide bonds. The van der Waals surface area contributed by atoms with Crippen molar-refractivity contribution >= 4 is 0 Å². The molecule has 0 spiro atoms. The molecule has 72 valence electrons. The summed E-state index contributed by atoms with van der Waals surface area (Å²) < 4.78 is 24.2. The maximum absolute atomic E-state index is 12.1. The maximum atomic E-state index is 12.1. The molecule has 0 aromatic heterocycles. The Hall–Kier alpha value is -1.36. The molecule has 5 heteroatoms. The Labute approximate surface area is 73.4 Å². The molecule has 3 nitrogen and oxygen atoms in total. The first-order chi connectivity index (χ1) is 6.02. The van der Waals surface area contributed by atoms with E-state index in [0.717, 1.165) is 12.1 Å². The monoisotopic (exact) mass is 189 g/mol. The van der Waals surface area contributed by atoms with Crippen LogP contribution in [0.25, 0.3) is 0 Å². The van der Waals surface area contributed by atoms with E-state index in [-0.39, 0.29) is 11.3 Å². The second kappa shape index (κ2) is 3.57. The van der Waals surface area contributed by atoms with Crippen molar-refractivity contribution < 1.29 is 19.0 Å². The molecular formula is C8H9F2NO2. The zero-order valence-electron chi connectivity index (χ0n) is 6.61. The zero-order chi connectivity index (χ0) is 10.0. The van der Waals surface area contributed by atoms with Gasteiger partial charge in [-0.15, -0.1) is 0 Å². The lowest BCUT2D eigenvalue weighted by atomic mass is 10.1. The SMILES string of the molecule is N[C@@H](c1ccc(O)c(O)c1)C(F)F. The quantitative estimate of drug-likeness (QED) is 0.615. The molecule has 13 heavy (non-hydrogen) atoms. The second-order valence-electron chi connectivity index (χ2n) is 2.61. The third-order valence-corrected chi connectivity index (χ3v) is 1.66. The summed E-state index contributed by atoms with van der Waals surface area (Å²) in [6.45, 7) is 0. The summed E-state index contributed by atoms with van der Waals surface area (Å²) in [4.78, 5) is 0. The molecule has 1 aromatic carbocycles. The van der Waals surface area contributed by atoms with E-state index in [1.165, 1.54) is 6.07 Å². The molecule has 0 bridgehead atoms. The van der Waals surface area contributed by atoms with Crippen LogP contribution in [0, 0.1) is 0 Å². The van der Waals surface area contributed by atoms with Gasteiger partial charge in [-0.2, -0.15) is 0 Å². The first-order valence-corrected chi connectivity index (χ1v) is 3.58. The lowest BCUT2D eigenvalue weighted by Gasteiger charge is -2.10. The van der Waals surface area contributed by atoms with Crippen LogP contribution in [0.15, 0.2) is 18.2 Å². The third-order valence-electron chi connectivity index (χ3n) is 1.66. The Balaban J connectivity index is 2.97. The van der Waals surface area contributed by atoms with Crippen LogP contribution in [0.5, 0.6) is 11.5 Å². The standard InChI is InChI=1S/C8H9F2NO2/c9-8(10)7(11)4-1-2-5(12)6(13)3-4/h1-3,7-8,12-13H,11H2/t7-/m0/s1. The molecule has 0 aliphatic rings. The van der Waals surface area contributed by atoms with Gasteiger partial charge in [-0.1, -0.05) is 6.07 Å². The number of hydrogen-bond acceptors (Lipinski definition) is 3. The molecule has 0 saturated carbocycles. The number of alkyl halides is 2. The summed E-state index contributed by atoms with van der Waals surface area (Å²) >= 11 is 0. The third kappa shape index (κ3) is 2.06. The van der Waals surface area contributed by atoms with E-state index < -0.39 is 18.2 Å². The van der Waals surface area contributed by atoms with E-state index in [1.807, 2.05) is 0 Å². The highest BCUT2D eigenvalue weighted by Gasteiger charge is 2.18. The fourth-order valence-electron chi connectivity index (χ4n) is 0.893. The molecule has 1 atom stereocenters. The number of benzene rings is 1. The smallest absolute Gasteiger partial charge is 0.257 e. The summed E-state index contributed by atoms with van der Waals surface area (Å²) in [5.41, 5.74) is 5.20. The molecule has 1 rings (SSSR count). The number of phenols is 2. The van der Waals surface area contributed by atoms with Gasteiger partial charge in [0.25, 0.3) is 6.43 Å². The maximum Gasteiger partial charge on any atom is 0.257 e. The van der Waals surface area contributed by atoms with Crippen molar-refractivity contribution in [1.29, 1.82) is 0 Å². The number of hydrogen-bond donors (Lipinski definition) is 3. The summed E-state index contributed by atoms with van der Waals surface area (Å²) in [5, 5.41) is 17.9. The minimum absolute atomic E-state index is 0.0882. The molecule has 0 radical (unpaired) electrons. The molecule has 0 heterocycles. The van der Waals surface area contributed by atoms with Crippen LogP contribution in [-0.2, 0) is 0 Å². The van der Waals surface area contributed by atoms with Gasteiger partial charge in [-0.05, 0) is 17.7 Å². The average Bonchev–Trinajstić information content (AvgIpc) is 2.08. The van der Waals surface area contributed by atoms with Crippen LogP contribution in [0.1, 0.15) is 11.6 Å². The van der Waals surface area contributed by atoms with E-state index in [0.29, 0.717) is 0 Å². The normalized spacial score (nSPS) is 13.2. The average molecular weight is 189 g/mol. The van der Waals surface area contributed by atoms with Crippen molar-refractivity contribution in [3.8, 4) is 11.5 Å². The Kier molecular flexibility index (Phi) is 2.67. The minimum Gasteiger partial charge on any atom is -0.504 e. The molecule has 4 N–H and O–H groups in total. The van der Waals surface area contributed by atoms with Gasteiger partial charge in [0.15, 0.2) is 11.5 Å². The summed E-state index contributed by atoms with van der Waals surface area (Å²) in [6.07, 6.45) is -2.69. The van der Waals surface area contributed by atoms with Crippen LogP contribution in [0.3, 0.4) is 0 Å². The summed E-state index contributed by atoms with van der Waals surface area (Å²) in [6, 6.07) is 1.94. The van der Waals surface area contributed by atoms with Crippen molar-refractivity contribution in [1.82, 2.24) is 0 Å². The molecular weight excluding hydrogens is 180 g/mol. The van der Waals surface area contributed by atoms with Crippen molar-refractivity contribution in [2.24, 2.45) is 5.73 Å². The number of aromatic hydroxyl groups is 2. The Morgan fingerprint density at radius 1 is 1.15 bits per heavy atom. The molecule has 0 aliphatic heterocycles. The highest BCUT2D eigenvalue weighted by Crippen LogP contribution is 2.28. The fraction of sp³-hybridized carbons (Fsp3) is 0.250. The van der Waals surface area contributed by atoms with Gasteiger partial charge in [0, 0.05) is 0 Å². The summed E-state index contributed by atoms with van der Waals surface area (Å²) in [7, 11) is 0. The van der Waals surface area contributed by atoms with Gasteiger partial charge < -0.3 is 15.9 Å².